The molecule has 6 nitrogen and oxygen atoms in total. The summed E-state index contributed by atoms with van der Waals surface area (Å²) in [5.74, 6) is -0.969. The lowest BCUT2D eigenvalue weighted by atomic mass is 10.1. The third kappa shape index (κ3) is 2.97. The molecule has 0 atom stereocenters. The summed E-state index contributed by atoms with van der Waals surface area (Å²) in [6.07, 6.45) is 0. The second kappa shape index (κ2) is 6.02. The molecular weight excluding hydrogens is 286 g/mol. The Morgan fingerprint density at radius 3 is 2.55 bits per heavy atom. The van der Waals surface area contributed by atoms with E-state index in [2.05, 4.69) is 0 Å². The Kier molecular flexibility index (Phi) is 4.36. The van der Waals surface area contributed by atoms with Crippen LogP contribution in [-0.4, -0.2) is 49.4 Å². The summed E-state index contributed by atoms with van der Waals surface area (Å²) in [4.78, 5) is 36.0. The molecule has 0 bridgehead atoms. The normalized spacial score (nSPS) is 15.4. The molecule has 0 N–H and O–H groups in total. The molecule has 1 saturated heterocycles. The van der Waals surface area contributed by atoms with Crippen molar-refractivity contribution in [1.29, 1.82) is 0 Å². The molecule has 7 heteroatoms. The minimum absolute atomic E-state index is 0.192. The molecule has 106 valence electrons. The van der Waals surface area contributed by atoms with Crippen molar-refractivity contribution in [2.75, 3.05) is 26.9 Å². The van der Waals surface area contributed by atoms with Crippen LogP contribution in [0.5, 0.6) is 5.75 Å². The molecular formula is C13H12ClNO5. The lowest BCUT2D eigenvalue weighted by molar-refractivity contribution is -0.157. The van der Waals surface area contributed by atoms with E-state index < -0.39 is 11.8 Å². The first-order valence-corrected chi connectivity index (χ1v) is 6.18. The molecule has 1 heterocycles. The first-order valence-electron chi connectivity index (χ1n) is 5.80. The van der Waals surface area contributed by atoms with E-state index in [0.29, 0.717) is 11.3 Å². The van der Waals surface area contributed by atoms with E-state index in [1.54, 1.807) is 6.07 Å². The zero-order chi connectivity index (χ0) is 14.7. The number of benzene rings is 1. The number of rotatable bonds is 4. The standard InChI is InChI=1S/C13H12ClNO5/c1-19-11-3-2-8(4-9(11)14)10(16)5-15-12(17)6-20-7-13(15)18/h2-4H,5-7H2,1H3. The van der Waals surface area contributed by atoms with E-state index >= 15 is 0 Å². The van der Waals surface area contributed by atoms with Gasteiger partial charge in [-0.15, -0.1) is 0 Å². The summed E-state index contributed by atoms with van der Waals surface area (Å²) in [6.45, 7) is -0.700. The zero-order valence-corrected chi connectivity index (χ0v) is 11.5. The molecule has 0 unspecified atom stereocenters. The quantitative estimate of drug-likeness (QED) is 0.610. The topological polar surface area (TPSA) is 72.9 Å². The van der Waals surface area contributed by atoms with E-state index in [9.17, 15) is 14.4 Å². The van der Waals surface area contributed by atoms with Crippen LogP contribution in [0, 0.1) is 0 Å². The maximum Gasteiger partial charge on any atom is 0.255 e. The van der Waals surface area contributed by atoms with E-state index in [4.69, 9.17) is 21.1 Å². The number of hydrogen-bond donors (Lipinski definition) is 0. The number of nitrogens with zero attached hydrogens (tertiary/aromatic N) is 1. The van der Waals surface area contributed by atoms with Crippen molar-refractivity contribution >= 4 is 29.2 Å². The van der Waals surface area contributed by atoms with Gasteiger partial charge in [-0.25, -0.2) is 0 Å². The molecule has 0 aliphatic carbocycles. The first kappa shape index (κ1) is 14.5. The summed E-state index contributed by atoms with van der Waals surface area (Å²) < 4.78 is 9.76. The highest BCUT2D eigenvalue weighted by atomic mass is 35.5. The van der Waals surface area contributed by atoms with Crippen LogP contribution < -0.4 is 4.74 Å². The number of ketones is 1. The highest BCUT2D eigenvalue weighted by Gasteiger charge is 2.28. The predicted octanol–water partition coefficient (Wildman–Crippen LogP) is 0.917. The number of amides is 2. The monoisotopic (exact) mass is 297 g/mol. The van der Waals surface area contributed by atoms with Crippen LogP contribution in [-0.2, 0) is 14.3 Å². The van der Waals surface area contributed by atoms with Gasteiger partial charge in [0.1, 0.15) is 19.0 Å². The third-order valence-corrected chi connectivity index (χ3v) is 3.12. The van der Waals surface area contributed by atoms with Crippen LogP contribution in [0.15, 0.2) is 18.2 Å². The average Bonchev–Trinajstić information content (AvgIpc) is 2.42. The number of carbonyl (C=O) groups excluding carboxylic acids is 3. The second-order valence-corrected chi connectivity index (χ2v) is 4.55. The van der Waals surface area contributed by atoms with Crippen molar-refractivity contribution < 1.29 is 23.9 Å². The smallest absolute Gasteiger partial charge is 0.255 e. The number of imide groups is 1. The minimum atomic E-state index is -0.519. The van der Waals surface area contributed by atoms with Crippen LogP contribution in [0.1, 0.15) is 10.4 Å². The molecule has 20 heavy (non-hydrogen) atoms. The Labute approximate surface area is 120 Å². The van der Waals surface area contributed by atoms with Crippen molar-refractivity contribution in [1.82, 2.24) is 4.90 Å². The third-order valence-electron chi connectivity index (χ3n) is 2.83. The number of methoxy groups -OCH3 is 1. The number of Topliss-reactive ketones (excluding diaryl/α,β-unsaturated/α-hetero) is 1. The maximum atomic E-state index is 12.1. The number of morpholine rings is 1. The van der Waals surface area contributed by atoms with Crippen molar-refractivity contribution in [2.24, 2.45) is 0 Å². The van der Waals surface area contributed by atoms with Gasteiger partial charge in [-0.05, 0) is 18.2 Å². The highest BCUT2D eigenvalue weighted by Crippen LogP contribution is 2.25. The van der Waals surface area contributed by atoms with Crippen molar-refractivity contribution in [3.05, 3.63) is 28.8 Å². The fraction of sp³-hybridized carbons (Fsp3) is 0.308. The molecule has 2 rings (SSSR count). The molecule has 1 aliphatic heterocycles. The van der Waals surface area contributed by atoms with Gasteiger partial charge in [-0.2, -0.15) is 0 Å². The first-order chi connectivity index (χ1) is 9.52. The fourth-order valence-electron chi connectivity index (χ4n) is 1.77. The summed E-state index contributed by atoms with van der Waals surface area (Å²) in [5, 5.41) is 0.290. The molecule has 1 aromatic rings. The Hall–Kier alpha value is -1.92. The van der Waals surface area contributed by atoms with Crippen LogP contribution >= 0.6 is 11.6 Å². The molecule has 0 aromatic heterocycles. The van der Waals surface area contributed by atoms with E-state index in [-0.39, 0.29) is 30.6 Å². The molecule has 2 amide bonds. The molecule has 0 radical (unpaired) electrons. The lowest BCUT2D eigenvalue weighted by Gasteiger charge is -2.24. The summed E-state index contributed by atoms with van der Waals surface area (Å²) in [5.41, 5.74) is 0.308. The van der Waals surface area contributed by atoms with Gasteiger partial charge in [0.25, 0.3) is 11.8 Å². The SMILES string of the molecule is COc1ccc(C(=O)CN2C(=O)COCC2=O)cc1Cl. The number of ether oxygens (including phenoxy) is 2. The largest absolute Gasteiger partial charge is 0.495 e. The van der Waals surface area contributed by atoms with Crippen molar-refractivity contribution in [2.45, 2.75) is 0 Å². The van der Waals surface area contributed by atoms with Gasteiger partial charge in [-0.1, -0.05) is 11.6 Å². The number of hydrogen-bond acceptors (Lipinski definition) is 5. The van der Waals surface area contributed by atoms with Gasteiger partial charge in [0.15, 0.2) is 5.78 Å². The van der Waals surface area contributed by atoms with Crippen LogP contribution in [0.3, 0.4) is 0 Å². The Morgan fingerprint density at radius 2 is 2.00 bits per heavy atom. The van der Waals surface area contributed by atoms with Gasteiger partial charge in [-0.3, -0.25) is 19.3 Å². The maximum absolute atomic E-state index is 12.1. The van der Waals surface area contributed by atoms with Crippen LogP contribution in [0.25, 0.3) is 0 Å². The van der Waals surface area contributed by atoms with Gasteiger partial charge in [0.05, 0.1) is 18.7 Å². The predicted molar refractivity (Wildman–Crippen MR) is 69.9 cm³/mol. The number of carbonyl (C=O) groups is 3. The molecule has 1 aromatic carbocycles. The second-order valence-electron chi connectivity index (χ2n) is 4.14. The van der Waals surface area contributed by atoms with Crippen LogP contribution in [0.2, 0.25) is 5.02 Å². The molecule has 0 saturated carbocycles. The summed E-state index contributed by atoms with van der Waals surface area (Å²) in [7, 11) is 1.47. The van der Waals surface area contributed by atoms with E-state index in [1.807, 2.05) is 0 Å². The van der Waals surface area contributed by atoms with Crippen LogP contribution in [0.4, 0.5) is 0 Å². The van der Waals surface area contributed by atoms with Gasteiger partial charge >= 0.3 is 0 Å². The lowest BCUT2D eigenvalue weighted by Crippen LogP contribution is -2.48. The zero-order valence-electron chi connectivity index (χ0n) is 10.7. The Morgan fingerprint density at radius 1 is 1.35 bits per heavy atom. The Bertz CT molecular complexity index is 556. The molecule has 0 spiro atoms. The number of halogens is 1. The van der Waals surface area contributed by atoms with Crippen molar-refractivity contribution in [3.63, 3.8) is 0 Å². The fourth-order valence-corrected chi connectivity index (χ4v) is 2.03. The summed E-state index contributed by atoms with van der Waals surface area (Å²) >= 11 is 5.93. The average molecular weight is 298 g/mol. The van der Waals surface area contributed by atoms with Gasteiger partial charge in [0.2, 0.25) is 0 Å². The van der Waals surface area contributed by atoms with Gasteiger partial charge < -0.3 is 9.47 Å². The molecule has 1 fully saturated rings. The van der Waals surface area contributed by atoms with E-state index in [1.165, 1.54) is 19.2 Å². The van der Waals surface area contributed by atoms with E-state index in [0.717, 1.165) is 4.90 Å². The highest BCUT2D eigenvalue weighted by molar-refractivity contribution is 6.32. The Balaban J connectivity index is 2.13. The minimum Gasteiger partial charge on any atom is -0.495 e. The van der Waals surface area contributed by atoms with Gasteiger partial charge in [0, 0.05) is 5.56 Å². The summed E-state index contributed by atoms with van der Waals surface area (Å²) in [6, 6.07) is 4.53. The molecule has 1 aliphatic rings. The van der Waals surface area contributed by atoms with Crippen molar-refractivity contribution in [3.8, 4) is 5.75 Å².